The van der Waals surface area contributed by atoms with Crippen LogP contribution in [0.5, 0.6) is 0 Å². The van der Waals surface area contributed by atoms with Crippen molar-refractivity contribution in [3.05, 3.63) is 24.0 Å². The van der Waals surface area contributed by atoms with Crippen LogP contribution in [0.3, 0.4) is 0 Å². The van der Waals surface area contributed by atoms with Crippen molar-refractivity contribution in [1.29, 1.82) is 0 Å². The van der Waals surface area contributed by atoms with Gasteiger partial charge in [0.25, 0.3) is 0 Å². The van der Waals surface area contributed by atoms with E-state index in [-0.39, 0.29) is 10.6 Å². The molecule has 0 radical (unpaired) electrons. The summed E-state index contributed by atoms with van der Waals surface area (Å²) in [6, 6.07) is 3.54. The zero-order valence-electron chi connectivity index (χ0n) is 11.5. The highest BCUT2D eigenvalue weighted by Gasteiger charge is 2.28. The van der Waals surface area contributed by atoms with Gasteiger partial charge in [0.05, 0.1) is 10.6 Å². The number of sulfonamides is 1. The maximum Gasteiger partial charge on any atom is 0.243 e. The van der Waals surface area contributed by atoms with Gasteiger partial charge in [0.15, 0.2) is 0 Å². The van der Waals surface area contributed by atoms with E-state index in [9.17, 15) is 12.8 Å². The van der Waals surface area contributed by atoms with E-state index < -0.39 is 15.8 Å². The van der Waals surface area contributed by atoms with Crippen LogP contribution in [-0.2, 0) is 10.0 Å². The lowest BCUT2D eigenvalue weighted by atomic mass is 10.3. The molecule has 1 aromatic rings. The molecule has 1 aliphatic rings. The summed E-state index contributed by atoms with van der Waals surface area (Å²) in [5.41, 5.74) is 5.30. The molecule has 1 aromatic carbocycles. The van der Waals surface area contributed by atoms with Crippen LogP contribution < -0.4 is 5.73 Å². The Morgan fingerprint density at radius 1 is 1.25 bits per heavy atom. The summed E-state index contributed by atoms with van der Waals surface area (Å²) in [7, 11) is -3.58. The van der Waals surface area contributed by atoms with E-state index in [2.05, 4.69) is 11.8 Å². The van der Waals surface area contributed by atoms with Gasteiger partial charge in [0.2, 0.25) is 10.0 Å². The molecule has 0 bridgehead atoms. The molecule has 0 aromatic heterocycles. The van der Waals surface area contributed by atoms with E-state index in [0.29, 0.717) is 13.1 Å². The molecule has 20 heavy (non-hydrogen) atoms. The number of benzene rings is 1. The normalized spacial score (nSPS) is 18.3. The minimum atomic E-state index is -3.58. The lowest BCUT2D eigenvalue weighted by Crippen LogP contribution is -2.48. The van der Waals surface area contributed by atoms with Crippen molar-refractivity contribution in [2.45, 2.75) is 18.2 Å². The molecule has 0 amide bonds. The Balaban J connectivity index is 2.13. The van der Waals surface area contributed by atoms with Gasteiger partial charge in [-0.2, -0.15) is 4.31 Å². The third-order valence-electron chi connectivity index (χ3n) is 3.48. The zero-order valence-corrected chi connectivity index (χ0v) is 12.4. The molecule has 1 aliphatic heterocycles. The smallest absolute Gasteiger partial charge is 0.243 e. The largest absolute Gasteiger partial charge is 0.396 e. The number of piperazine rings is 1. The molecule has 1 heterocycles. The van der Waals surface area contributed by atoms with Crippen LogP contribution in [0, 0.1) is 5.82 Å². The van der Waals surface area contributed by atoms with Gasteiger partial charge in [-0.25, -0.2) is 12.8 Å². The average molecular weight is 301 g/mol. The molecule has 0 unspecified atom stereocenters. The molecular formula is C13H20FN3O2S. The molecule has 5 nitrogen and oxygen atoms in total. The maximum absolute atomic E-state index is 13.1. The van der Waals surface area contributed by atoms with Crippen molar-refractivity contribution >= 4 is 15.7 Å². The predicted molar refractivity (Wildman–Crippen MR) is 76.3 cm³/mol. The monoisotopic (exact) mass is 301 g/mol. The first-order valence-electron chi connectivity index (χ1n) is 6.72. The summed E-state index contributed by atoms with van der Waals surface area (Å²) in [5, 5.41) is 0. The highest BCUT2D eigenvalue weighted by atomic mass is 32.2. The summed E-state index contributed by atoms with van der Waals surface area (Å²) in [6.07, 6.45) is 1.06. The number of nitrogens with zero attached hydrogens (tertiary/aromatic N) is 2. The van der Waals surface area contributed by atoms with E-state index >= 15 is 0 Å². The minimum absolute atomic E-state index is 0.0559. The molecule has 7 heteroatoms. The lowest BCUT2D eigenvalue weighted by Gasteiger charge is -2.33. The number of hydrogen-bond donors (Lipinski definition) is 1. The van der Waals surface area contributed by atoms with Gasteiger partial charge in [0, 0.05) is 26.2 Å². The van der Waals surface area contributed by atoms with E-state index in [4.69, 9.17) is 5.73 Å². The fourth-order valence-electron chi connectivity index (χ4n) is 2.34. The number of nitrogens with two attached hydrogens (primary N) is 1. The van der Waals surface area contributed by atoms with Crippen LogP contribution in [0.25, 0.3) is 0 Å². The van der Waals surface area contributed by atoms with Crippen molar-refractivity contribution in [3.63, 3.8) is 0 Å². The topological polar surface area (TPSA) is 66.6 Å². The third-order valence-corrected chi connectivity index (χ3v) is 5.37. The fourth-order valence-corrected chi connectivity index (χ4v) is 3.80. The second-order valence-corrected chi connectivity index (χ2v) is 6.87. The van der Waals surface area contributed by atoms with Gasteiger partial charge in [-0.05, 0) is 31.2 Å². The van der Waals surface area contributed by atoms with Crippen molar-refractivity contribution in [2.75, 3.05) is 38.5 Å². The van der Waals surface area contributed by atoms with Crippen LogP contribution >= 0.6 is 0 Å². The molecule has 0 atom stereocenters. The summed E-state index contributed by atoms with van der Waals surface area (Å²) in [5.74, 6) is -0.600. The van der Waals surface area contributed by atoms with Gasteiger partial charge in [-0.15, -0.1) is 0 Å². The Labute approximate surface area is 119 Å². The summed E-state index contributed by atoms with van der Waals surface area (Å²) >= 11 is 0. The standard InChI is InChI=1S/C13H20FN3O2S/c1-2-5-16-6-8-17(9-7-16)20(18,19)11-3-4-12(14)13(15)10-11/h3-4,10H,2,5-9,15H2,1H3. The highest BCUT2D eigenvalue weighted by Crippen LogP contribution is 2.21. The highest BCUT2D eigenvalue weighted by molar-refractivity contribution is 7.89. The van der Waals surface area contributed by atoms with Crippen LogP contribution in [-0.4, -0.2) is 50.3 Å². The summed E-state index contributed by atoms with van der Waals surface area (Å²) in [6.45, 7) is 5.45. The molecule has 0 saturated carbocycles. The van der Waals surface area contributed by atoms with Gasteiger partial charge in [-0.3, -0.25) is 0 Å². The Morgan fingerprint density at radius 3 is 2.45 bits per heavy atom. The second kappa shape index (κ2) is 6.07. The number of nitrogen functional groups attached to an aromatic ring is 1. The van der Waals surface area contributed by atoms with Crippen LogP contribution in [0.1, 0.15) is 13.3 Å². The van der Waals surface area contributed by atoms with Crippen molar-refractivity contribution < 1.29 is 12.8 Å². The third kappa shape index (κ3) is 3.11. The van der Waals surface area contributed by atoms with Crippen molar-refractivity contribution in [1.82, 2.24) is 9.21 Å². The van der Waals surface area contributed by atoms with Crippen molar-refractivity contribution in [2.24, 2.45) is 0 Å². The average Bonchev–Trinajstić information content (AvgIpc) is 2.43. The Morgan fingerprint density at radius 2 is 1.90 bits per heavy atom. The van der Waals surface area contributed by atoms with E-state index in [1.807, 2.05) is 0 Å². The zero-order chi connectivity index (χ0) is 14.8. The van der Waals surface area contributed by atoms with Crippen LogP contribution in [0.4, 0.5) is 10.1 Å². The summed E-state index contributed by atoms with van der Waals surface area (Å²) in [4.78, 5) is 2.30. The Kier molecular flexibility index (Phi) is 4.62. The van der Waals surface area contributed by atoms with Crippen LogP contribution in [0.2, 0.25) is 0 Å². The van der Waals surface area contributed by atoms with Gasteiger partial charge < -0.3 is 10.6 Å². The first kappa shape index (κ1) is 15.2. The summed E-state index contributed by atoms with van der Waals surface area (Å²) < 4.78 is 39.5. The van der Waals surface area contributed by atoms with E-state index in [0.717, 1.165) is 32.1 Å². The fraction of sp³-hybridized carbons (Fsp3) is 0.538. The Bertz CT molecular complexity index is 569. The second-order valence-electron chi connectivity index (χ2n) is 4.93. The first-order chi connectivity index (χ1) is 9.45. The molecule has 0 spiro atoms. The number of rotatable bonds is 4. The molecule has 0 aliphatic carbocycles. The molecule has 1 saturated heterocycles. The molecule has 2 N–H and O–H groups in total. The quantitative estimate of drug-likeness (QED) is 0.847. The van der Waals surface area contributed by atoms with E-state index in [1.54, 1.807) is 0 Å². The molecular weight excluding hydrogens is 281 g/mol. The number of hydrogen-bond acceptors (Lipinski definition) is 4. The Hall–Kier alpha value is -1.18. The molecule has 1 fully saturated rings. The van der Waals surface area contributed by atoms with Gasteiger partial charge >= 0.3 is 0 Å². The first-order valence-corrected chi connectivity index (χ1v) is 8.16. The number of anilines is 1. The minimum Gasteiger partial charge on any atom is -0.396 e. The SMILES string of the molecule is CCCN1CCN(S(=O)(=O)c2ccc(F)c(N)c2)CC1. The van der Waals surface area contributed by atoms with Crippen LogP contribution in [0.15, 0.2) is 23.1 Å². The molecule has 112 valence electrons. The predicted octanol–water partition coefficient (Wildman–Crippen LogP) is 1.12. The van der Waals surface area contributed by atoms with Gasteiger partial charge in [-0.1, -0.05) is 6.92 Å². The maximum atomic E-state index is 13.1. The van der Waals surface area contributed by atoms with Crippen molar-refractivity contribution in [3.8, 4) is 0 Å². The number of halogens is 1. The lowest BCUT2D eigenvalue weighted by molar-refractivity contribution is 0.188. The molecule has 2 rings (SSSR count). The van der Waals surface area contributed by atoms with E-state index in [1.165, 1.54) is 16.4 Å². The van der Waals surface area contributed by atoms with Gasteiger partial charge in [0.1, 0.15) is 5.82 Å².